The van der Waals surface area contributed by atoms with E-state index in [1.165, 1.54) is 101 Å². The van der Waals surface area contributed by atoms with Gasteiger partial charge in [-0.2, -0.15) is 5.10 Å². The molecule has 5 N–H and O–H groups in total. The number of nitrogens with two attached hydrogens (primary N) is 1. The average molecular weight is 793 g/mol. The normalized spacial score (nSPS) is 21.8. The van der Waals surface area contributed by atoms with Crippen LogP contribution in [0.25, 0.3) is 5.52 Å². The first kappa shape index (κ1) is 44.7. The van der Waals surface area contributed by atoms with Crippen LogP contribution in [0.2, 0.25) is 0 Å². The van der Waals surface area contributed by atoms with Crippen LogP contribution < -0.4 is 5.73 Å². The number of anilines is 1. The lowest BCUT2D eigenvalue weighted by Crippen LogP contribution is -2.39. The molecule has 304 valence electrons. The number of aromatic nitrogens is 3. The van der Waals surface area contributed by atoms with Crippen molar-refractivity contribution >= 4 is 29.9 Å². The summed E-state index contributed by atoms with van der Waals surface area (Å²) in [5.74, 6) is 0.266. The molecule has 0 saturated carbocycles. The predicted molar refractivity (Wildman–Crippen MR) is 215 cm³/mol. The molecule has 12 nitrogen and oxygen atoms in total. The Labute approximate surface area is 327 Å². The fourth-order valence-corrected chi connectivity index (χ4v) is 8.07. The second-order valence-electron chi connectivity index (χ2n) is 14.7. The maximum Gasteiger partial charge on any atom is 0.324 e. The number of hydrogen-bond acceptors (Lipinski definition) is 11. The predicted octanol–water partition coefficient (Wildman–Crippen LogP) is 7.76. The zero-order chi connectivity index (χ0) is 38.7. The molecule has 1 fully saturated rings. The Hall–Kier alpha value is -2.03. The van der Waals surface area contributed by atoms with Crippen LogP contribution in [0.4, 0.5) is 5.82 Å². The number of fused-ring (bicyclic) bond motifs is 1. The van der Waals surface area contributed by atoms with Crippen molar-refractivity contribution in [2.24, 2.45) is 0 Å². The van der Waals surface area contributed by atoms with Crippen LogP contribution in [-0.2, 0) is 47.3 Å². The number of ether oxygens (including phenoxy) is 3. The number of unbranched alkanes of at least 4 members (excludes halogenated alkanes) is 15. The number of hydrogen-bond donors (Lipinski definition) is 4. The van der Waals surface area contributed by atoms with E-state index in [9.17, 15) is 15.1 Å². The molecule has 14 heteroatoms. The fourth-order valence-electron chi connectivity index (χ4n) is 6.94. The first-order valence-corrected chi connectivity index (χ1v) is 22.7. The summed E-state index contributed by atoms with van der Waals surface area (Å²) in [5.41, 5.74) is 6.62. The van der Waals surface area contributed by atoms with Crippen LogP contribution in [0, 0.1) is 0 Å². The summed E-state index contributed by atoms with van der Waals surface area (Å²) in [7, 11) is 0. The Kier molecular flexibility index (Phi) is 19.8. The average Bonchev–Trinajstić information content (AvgIpc) is 3.71. The molecule has 4 rings (SSSR count). The molecule has 3 aromatic rings. The van der Waals surface area contributed by atoms with Gasteiger partial charge in [-0.1, -0.05) is 134 Å². The maximum absolute atomic E-state index is 11.0. The van der Waals surface area contributed by atoms with Gasteiger partial charge in [-0.15, -0.1) is 0 Å². The van der Waals surface area contributed by atoms with Gasteiger partial charge < -0.3 is 44.1 Å². The van der Waals surface area contributed by atoms with E-state index in [0.717, 1.165) is 18.4 Å². The quantitative estimate of drug-likeness (QED) is 0.0400. The van der Waals surface area contributed by atoms with E-state index in [1.54, 1.807) is 19.1 Å². The SMILES string of the molecule is CCCCCCCCCCCCCCCCCCOC[C@H](CO[P@@](O)(=S)OC[C@H]1O[C@@](C)(c2ccc3c(N)ncnn23)[C@H](O)[C@@H]1O)OCc1ccccc1. The summed E-state index contributed by atoms with van der Waals surface area (Å²) >= 11 is 5.31. The van der Waals surface area contributed by atoms with Gasteiger partial charge in [0.05, 0.1) is 32.1 Å². The van der Waals surface area contributed by atoms with Crippen LogP contribution >= 0.6 is 6.72 Å². The van der Waals surface area contributed by atoms with Crippen molar-refractivity contribution in [1.82, 2.24) is 14.6 Å². The molecule has 6 atom stereocenters. The van der Waals surface area contributed by atoms with Gasteiger partial charge in [0.2, 0.25) is 0 Å². The summed E-state index contributed by atoms with van der Waals surface area (Å²) < 4.78 is 31.1. The Morgan fingerprint density at radius 1 is 0.870 bits per heavy atom. The molecule has 0 unspecified atom stereocenters. The molecule has 1 aromatic carbocycles. The highest BCUT2D eigenvalue weighted by Crippen LogP contribution is 2.46. The minimum absolute atomic E-state index is 0.0503. The minimum atomic E-state index is -3.78. The van der Waals surface area contributed by atoms with Crippen molar-refractivity contribution in [2.75, 3.05) is 32.2 Å². The Bertz CT molecular complexity index is 1520. The molecular weight excluding hydrogens is 728 g/mol. The van der Waals surface area contributed by atoms with Gasteiger partial charge >= 0.3 is 6.72 Å². The van der Waals surface area contributed by atoms with E-state index in [-0.39, 0.29) is 25.6 Å². The highest BCUT2D eigenvalue weighted by molar-refractivity contribution is 8.07. The number of nitrogens with zero attached hydrogens (tertiary/aromatic N) is 3. The van der Waals surface area contributed by atoms with Gasteiger partial charge in [-0.05, 0) is 42.8 Å². The summed E-state index contributed by atoms with van der Waals surface area (Å²) in [4.78, 5) is 14.9. The molecule has 1 saturated heterocycles. The van der Waals surface area contributed by atoms with E-state index < -0.39 is 36.7 Å². The number of nitrogen functional groups attached to an aromatic ring is 1. The first-order chi connectivity index (χ1) is 26.1. The fraction of sp³-hybridized carbons (Fsp3) is 0.700. The number of benzene rings is 1. The second-order valence-corrected chi connectivity index (χ2v) is 17.6. The van der Waals surface area contributed by atoms with Crippen LogP contribution in [0.1, 0.15) is 128 Å². The largest absolute Gasteiger partial charge is 0.387 e. The summed E-state index contributed by atoms with van der Waals surface area (Å²) in [5, 5.41) is 26.2. The van der Waals surface area contributed by atoms with E-state index >= 15 is 0 Å². The molecule has 0 amide bonds. The molecule has 54 heavy (non-hydrogen) atoms. The molecule has 0 spiro atoms. The highest BCUT2D eigenvalue weighted by atomic mass is 32.5. The van der Waals surface area contributed by atoms with Crippen molar-refractivity contribution in [1.29, 1.82) is 0 Å². The third-order valence-electron chi connectivity index (χ3n) is 10.3. The van der Waals surface area contributed by atoms with Crippen LogP contribution in [0.15, 0.2) is 48.8 Å². The highest BCUT2D eigenvalue weighted by Gasteiger charge is 2.54. The molecule has 0 aliphatic carbocycles. The van der Waals surface area contributed by atoms with Crippen molar-refractivity contribution < 1.29 is 38.4 Å². The van der Waals surface area contributed by atoms with Crippen LogP contribution in [0.5, 0.6) is 0 Å². The second kappa shape index (κ2) is 23.9. The third kappa shape index (κ3) is 14.5. The number of rotatable bonds is 29. The van der Waals surface area contributed by atoms with Crippen molar-refractivity contribution in [3.05, 3.63) is 60.0 Å². The lowest BCUT2D eigenvalue weighted by Gasteiger charge is -2.27. The van der Waals surface area contributed by atoms with Gasteiger partial charge in [0.25, 0.3) is 0 Å². The molecule has 0 radical (unpaired) electrons. The Morgan fingerprint density at radius 3 is 2.11 bits per heavy atom. The standard InChI is InChI=1S/C40H65N4O8PS/c1-3-4-5-6-7-8-9-10-11-12-13-14-15-16-17-21-26-48-28-33(49-27-32-22-19-18-20-23-32)29-50-53(47,54)51-30-35-37(45)38(46)40(2,52-35)36-25-24-34-39(41)42-31-43-44(34)36/h18-20,22-25,31,33,35,37-38,45-46H,3-17,21,26-30H2,1-2H3,(H,47,54)(H2,41,42,43)/t33-,35-,37-,38-,40+,53-/m1/s1. The zero-order valence-corrected chi connectivity index (χ0v) is 34.1. The summed E-state index contributed by atoms with van der Waals surface area (Å²) in [6.45, 7) is 0.994. The number of aliphatic hydroxyl groups is 2. The minimum Gasteiger partial charge on any atom is -0.387 e. The third-order valence-corrected chi connectivity index (χ3v) is 11.8. The molecule has 0 bridgehead atoms. The van der Waals surface area contributed by atoms with Gasteiger partial charge in [-0.25, -0.2) is 9.50 Å². The van der Waals surface area contributed by atoms with E-state index in [0.29, 0.717) is 24.4 Å². The smallest absolute Gasteiger partial charge is 0.324 e. The van der Waals surface area contributed by atoms with Gasteiger partial charge in [0.15, 0.2) is 5.82 Å². The van der Waals surface area contributed by atoms with E-state index in [1.807, 2.05) is 30.3 Å². The van der Waals surface area contributed by atoms with Gasteiger partial charge in [0, 0.05) is 6.61 Å². The van der Waals surface area contributed by atoms with E-state index in [2.05, 4.69) is 17.0 Å². The van der Waals surface area contributed by atoms with Crippen LogP contribution in [0.3, 0.4) is 0 Å². The zero-order valence-electron chi connectivity index (χ0n) is 32.4. The lowest BCUT2D eigenvalue weighted by molar-refractivity contribution is -0.0886. The molecular formula is C40H65N4O8PS. The Morgan fingerprint density at radius 2 is 1.48 bits per heavy atom. The molecule has 3 heterocycles. The molecule has 2 aromatic heterocycles. The summed E-state index contributed by atoms with van der Waals surface area (Å²) in [6, 6.07) is 13.2. The maximum atomic E-state index is 11.0. The van der Waals surface area contributed by atoms with Gasteiger partial charge in [-0.3, -0.25) is 0 Å². The first-order valence-electron chi connectivity index (χ1n) is 20.1. The summed E-state index contributed by atoms with van der Waals surface area (Å²) in [6.07, 6.45) is 18.2. The molecule has 1 aliphatic heterocycles. The molecule has 1 aliphatic rings. The monoisotopic (exact) mass is 792 g/mol. The van der Waals surface area contributed by atoms with Crippen molar-refractivity contribution in [2.45, 2.75) is 153 Å². The van der Waals surface area contributed by atoms with Crippen molar-refractivity contribution in [3.8, 4) is 0 Å². The van der Waals surface area contributed by atoms with Gasteiger partial charge in [0.1, 0.15) is 41.9 Å². The topological polar surface area (TPSA) is 163 Å². The van der Waals surface area contributed by atoms with E-state index in [4.69, 9.17) is 40.8 Å². The number of aliphatic hydroxyl groups excluding tert-OH is 2. The lowest BCUT2D eigenvalue weighted by atomic mass is 9.93. The van der Waals surface area contributed by atoms with Crippen molar-refractivity contribution in [3.63, 3.8) is 0 Å². The Balaban J connectivity index is 1.13. The van der Waals surface area contributed by atoms with Crippen LogP contribution in [-0.4, -0.2) is 80.5 Å².